The van der Waals surface area contributed by atoms with Crippen LogP contribution in [0.25, 0.3) is 0 Å². The van der Waals surface area contributed by atoms with Crippen LogP contribution >= 0.6 is 0 Å². The molecule has 0 fully saturated rings. The molecule has 0 spiro atoms. The van der Waals surface area contributed by atoms with Crippen molar-refractivity contribution in [3.63, 3.8) is 0 Å². The molecule has 0 aromatic carbocycles. The average molecular weight is 1060 g/mol. The lowest BCUT2D eigenvalue weighted by Crippen LogP contribution is -2.30. The zero-order valence-electron chi connectivity index (χ0n) is 49.7. The van der Waals surface area contributed by atoms with Gasteiger partial charge in [0.25, 0.3) is 0 Å². The van der Waals surface area contributed by atoms with Gasteiger partial charge in [-0.3, -0.25) is 14.4 Å². The van der Waals surface area contributed by atoms with Crippen molar-refractivity contribution in [2.24, 2.45) is 0 Å². The number of ether oxygens (including phenoxy) is 3. The summed E-state index contributed by atoms with van der Waals surface area (Å²) in [4.78, 5) is 38.3. The maximum Gasteiger partial charge on any atom is 0.306 e. The molecule has 1 unspecified atom stereocenters. The Labute approximate surface area is 474 Å². The van der Waals surface area contributed by atoms with E-state index < -0.39 is 6.10 Å². The van der Waals surface area contributed by atoms with Gasteiger partial charge in [0.05, 0.1) is 0 Å². The van der Waals surface area contributed by atoms with Crippen LogP contribution < -0.4 is 0 Å². The number of hydrogen-bond donors (Lipinski definition) is 0. The minimum atomic E-state index is -0.810. The van der Waals surface area contributed by atoms with Crippen molar-refractivity contribution in [1.82, 2.24) is 0 Å². The Hall–Kier alpha value is -4.71. The molecule has 6 nitrogen and oxygen atoms in total. The second-order valence-corrected chi connectivity index (χ2v) is 20.2. The van der Waals surface area contributed by atoms with Crippen molar-refractivity contribution < 1.29 is 28.6 Å². The van der Waals surface area contributed by atoms with Crippen molar-refractivity contribution in [2.45, 2.75) is 271 Å². The zero-order chi connectivity index (χ0) is 55.7. The maximum absolute atomic E-state index is 12.9. The molecule has 0 amide bonds. The van der Waals surface area contributed by atoms with Gasteiger partial charge < -0.3 is 14.2 Å². The predicted octanol–water partition coefficient (Wildman–Crippen LogP) is 21.5. The minimum Gasteiger partial charge on any atom is -0.462 e. The smallest absolute Gasteiger partial charge is 0.306 e. The summed E-state index contributed by atoms with van der Waals surface area (Å²) in [6, 6.07) is 0. The number of esters is 3. The summed E-state index contributed by atoms with van der Waals surface area (Å²) in [5.74, 6) is -0.953. The fraction of sp³-hybridized carbons (Fsp3) is 0.620. The second kappa shape index (κ2) is 63.8. The maximum atomic E-state index is 12.9. The molecule has 1 atom stereocenters. The molecule has 434 valence electrons. The summed E-state index contributed by atoms with van der Waals surface area (Å²) in [5, 5.41) is 0. The van der Waals surface area contributed by atoms with E-state index in [1.54, 1.807) is 0 Å². The molecule has 0 radical (unpaired) electrons. The molecule has 0 saturated heterocycles. The van der Waals surface area contributed by atoms with Crippen molar-refractivity contribution in [2.75, 3.05) is 13.2 Å². The number of rotatable bonds is 55. The van der Waals surface area contributed by atoms with Crippen LogP contribution in [0.1, 0.15) is 265 Å². The second-order valence-electron chi connectivity index (χ2n) is 20.2. The lowest BCUT2D eigenvalue weighted by atomic mass is 10.0. The van der Waals surface area contributed by atoms with Gasteiger partial charge in [-0.1, -0.05) is 256 Å². The predicted molar refractivity (Wildman–Crippen MR) is 334 cm³/mol. The summed E-state index contributed by atoms with van der Waals surface area (Å²) in [6.45, 7) is 6.26. The number of unbranched alkanes of at least 4 members (excludes halogenated alkanes) is 20. The van der Waals surface area contributed by atoms with Gasteiger partial charge in [0.2, 0.25) is 0 Å². The molecule has 0 bridgehead atoms. The first kappa shape index (κ1) is 72.3. The number of allylic oxidation sites excluding steroid dienone is 24. The fourth-order valence-corrected chi connectivity index (χ4v) is 8.24. The molecule has 0 aromatic rings. The molecule has 0 N–H and O–H groups in total. The third kappa shape index (κ3) is 62.0. The van der Waals surface area contributed by atoms with E-state index >= 15 is 0 Å². The van der Waals surface area contributed by atoms with E-state index in [2.05, 4.69) is 167 Å². The summed E-state index contributed by atoms with van der Waals surface area (Å²) < 4.78 is 16.9. The Kier molecular flexibility index (Phi) is 59.9. The lowest BCUT2D eigenvalue weighted by Gasteiger charge is -2.18. The van der Waals surface area contributed by atoms with Crippen LogP contribution in [0.3, 0.4) is 0 Å². The Balaban J connectivity index is 4.43. The lowest BCUT2D eigenvalue weighted by molar-refractivity contribution is -0.167. The van der Waals surface area contributed by atoms with Gasteiger partial charge in [-0.25, -0.2) is 0 Å². The largest absolute Gasteiger partial charge is 0.462 e. The van der Waals surface area contributed by atoms with Gasteiger partial charge in [0, 0.05) is 19.3 Å². The van der Waals surface area contributed by atoms with Gasteiger partial charge in [-0.15, -0.1) is 0 Å². The standard InChI is InChI=1S/C71H114O6/c1-4-7-10-13-16-19-22-25-28-31-32-33-34-35-36-37-38-41-43-46-49-52-55-58-61-64-70(73)76-67-68(77-71(74)65-62-59-56-53-50-47-44-40-30-27-24-21-18-15-12-9-6-3)66-75-69(72)63-60-57-54-51-48-45-42-39-29-26-23-20-17-14-11-8-5-2/h7-12,16-21,25-30,32-33,42,44-45,47,68H,4-6,13-15,22-24,31,34-41,43,46,48-67H2,1-3H3/b10-7-,11-8-,12-9-,19-16-,20-17-,21-18-,28-25-,29-26-,30-27-,33-32-,45-42-,47-44-. The molecule has 0 aliphatic carbocycles. The Morgan fingerprint density at radius 2 is 0.468 bits per heavy atom. The topological polar surface area (TPSA) is 78.9 Å². The van der Waals surface area contributed by atoms with Gasteiger partial charge in [0.15, 0.2) is 6.10 Å². The van der Waals surface area contributed by atoms with Gasteiger partial charge in [-0.2, -0.15) is 0 Å². The molecule has 0 aliphatic heterocycles. The van der Waals surface area contributed by atoms with Crippen LogP contribution in [0.5, 0.6) is 0 Å². The van der Waals surface area contributed by atoms with Gasteiger partial charge in [-0.05, 0) is 135 Å². The highest BCUT2D eigenvalue weighted by molar-refractivity contribution is 5.71. The zero-order valence-corrected chi connectivity index (χ0v) is 49.7. The SMILES string of the molecule is CC/C=C\C/C=C\C/C=C\C/C=C\CCCCCCCCCCCCCCC(=O)OCC(COC(=O)CCCCCC/C=C\C/C=C\C/C=C\C/C=C\CC)OC(=O)CCCCCC/C=C\C/C=C\C/C=C\C/C=C\CC. The van der Waals surface area contributed by atoms with E-state index in [1.807, 2.05) is 0 Å². The number of carbonyl (C=O) groups excluding carboxylic acids is 3. The summed E-state index contributed by atoms with van der Waals surface area (Å²) in [6.07, 6.45) is 91.3. The van der Waals surface area contributed by atoms with E-state index in [4.69, 9.17) is 14.2 Å². The third-order valence-electron chi connectivity index (χ3n) is 12.8. The summed E-state index contributed by atoms with van der Waals surface area (Å²) >= 11 is 0. The van der Waals surface area contributed by atoms with Crippen LogP contribution in [0.4, 0.5) is 0 Å². The van der Waals surface area contributed by atoms with Gasteiger partial charge in [0.1, 0.15) is 13.2 Å². The van der Waals surface area contributed by atoms with Crippen molar-refractivity contribution in [3.05, 3.63) is 146 Å². The average Bonchev–Trinajstić information content (AvgIpc) is 3.43. The summed E-state index contributed by atoms with van der Waals surface area (Å²) in [5.41, 5.74) is 0. The molecule has 77 heavy (non-hydrogen) atoms. The van der Waals surface area contributed by atoms with Crippen LogP contribution in [0.15, 0.2) is 146 Å². The quantitative estimate of drug-likeness (QED) is 0.0261. The van der Waals surface area contributed by atoms with Crippen molar-refractivity contribution in [3.8, 4) is 0 Å². The Bertz CT molecular complexity index is 1700. The number of hydrogen-bond acceptors (Lipinski definition) is 6. The first-order valence-corrected chi connectivity index (χ1v) is 31.3. The Morgan fingerprint density at radius 1 is 0.260 bits per heavy atom. The molecule has 0 heterocycles. The van der Waals surface area contributed by atoms with E-state index in [9.17, 15) is 14.4 Å². The molecule has 0 saturated carbocycles. The molecule has 0 aliphatic rings. The van der Waals surface area contributed by atoms with Crippen LogP contribution in [-0.2, 0) is 28.6 Å². The van der Waals surface area contributed by atoms with Crippen LogP contribution in [0, 0.1) is 0 Å². The van der Waals surface area contributed by atoms with E-state index in [0.717, 1.165) is 161 Å². The van der Waals surface area contributed by atoms with Crippen LogP contribution in [0.2, 0.25) is 0 Å². The highest BCUT2D eigenvalue weighted by Gasteiger charge is 2.19. The monoisotopic (exact) mass is 1060 g/mol. The Morgan fingerprint density at radius 3 is 0.727 bits per heavy atom. The van der Waals surface area contributed by atoms with E-state index in [1.165, 1.54) is 64.2 Å². The van der Waals surface area contributed by atoms with Crippen LogP contribution in [-0.4, -0.2) is 37.2 Å². The van der Waals surface area contributed by atoms with Crippen molar-refractivity contribution in [1.29, 1.82) is 0 Å². The molecule has 0 rings (SSSR count). The highest BCUT2D eigenvalue weighted by atomic mass is 16.6. The summed E-state index contributed by atoms with van der Waals surface area (Å²) in [7, 11) is 0. The van der Waals surface area contributed by atoms with Crippen molar-refractivity contribution >= 4 is 17.9 Å². The number of carbonyl (C=O) groups is 3. The first-order chi connectivity index (χ1) is 38.0. The van der Waals surface area contributed by atoms with Gasteiger partial charge >= 0.3 is 17.9 Å². The molecule has 0 aromatic heterocycles. The molecule has 6 heteroatoms. The highest BCUT2D eigenvalue weighted by Crippen LogP contribution is 2.15. The van der Waals surface area contributed by atoms with E-state index in [-0.39, 0.29) is 37.5 Å². The fourth-order valence-electron chi connectivity index (χ4n) is 8.24. The molecular formula is C71H114O6. The third-order valence-corrected chi connectivity index (χ3v) is 12.8. The normalized spacial score (nSPS) is 13.1. The minimum absolute atomic E-state index is 0.102. The van der Waals surface area contributed by atoms with E-state index in [0.29, 0.717) is 12.8 Å². The molecular weight excluding hydrogens is 949 g/mol. The first-order valence-electron chi connectivity index (χ1n) is 31.3.